The number of rotatable bonds is 14. The van der Waals surface area contributed by atoms with Gasteiger partial charge in [0.05, 0.1) is 34.4 Å². The topological polar surface area (TPSA) is 77.5 Å². The van der Waals surface area contributed by atoms with Crippen molar-refractivity contribution in [3.8, 4) is 23.0 Å². The highest BCUT2D eigenvalue weighted by atomic mass is 35.5. The number of carboxylic acids is 1. The lowest BCUT2D eigenvalue weighted by molar-refractivity contribution is -0.145. The highest BCUT2D eigenvalue weighted by Gasteiger charge is 2.40. The van der Waals surface area contributed by atoms with Gasteiger partial charge in [-0.3, -0.25) is 4.79 Å². The van der Waals surface area contributed by atoms with Crippen molar-refractivity contribution in [1.82, 2.24) is 4.90 Å². The molecule has 39 heavy (non-hydrogen) atoms. The van der Waals surface area contributed by atoms with Crippen molar-refractivity contribution in [2.24, 2.45) is 17.8 Å². The van der Waals surface area contributed by atoms with Crippen LogP contribution in [-0.2, 0) is 17.6 Å². The molecule has 0 radical (unpaired) electrons. The molecule has 1 unspecified atom stereocenters. The molecule has 0 fully saturated rings. The molecule has 218 valence electrons. The molecule has 2 aromatic rings. The van der Waals surface area contributed by atoms with Crippen LogP contribution in [0.4, 0.5) is 0 Å². The molecule has 0 aromatic heterocycles. The summed E-state index contributed by atoms with van der Waals surface area (Å²) in [7, 11) is 8.67. The summed E-state index contributed by atoms with van der Waals surface area (Å²) in [5.74, 6) is 2.39. The summed E-state index contributed by atoms with van der Waals surface area (Å²) >= 11 is 0. The third-order valence-electron chi connectivity index (χ3n) is 8.04. The molecule has 1 aliphatic carbocycles. The largest absolute Gasteiger partial charge is 0.493 e. The number of methoxy groups -OCH3 is 4. The standard InChI is InChI=1S/C31H45NO6.ClH/c1-20(2)30-23(12-11-22-18-28(37-6)29(38-7)19-25(22)30)24(31(33)34)14-16-32(3)15-8-9-21-10-13-26(35-4)27(17-21)36-5;/h10,13,17-20,23-24,30H,8-9,11-12,14-16H2,1-7H3,(H,33,34);1H/t23-,24?,30+;/m0./s1. The minimum absolute atomic E-state index is 0. The third-order valence-corrected chi connectivity index (χ3v) is 8.04. The monoisotopic (exact) mass is 563 g/mol. The highest BCUT2D eigenvalue weighted by Crippen LogP contribution is 2.48. The first-order valence-corrected chi connectivity index (χ1v) is 13.6. The average Bonchev–Trinajstić information content (AvgIpc) is 2.91. The zero-order chi connectivity index (χ0) is 27.8. The first kappa shape index (κ1) is 32.6. The average molecular weight is 564 g/mol. The number of aryl methyl sites for hydroxylation is 2. The molecule has 7 nitrogen and oxygen atoms in total. The molecule has 0 amide bonds. The van der Waals surface area contributed by atoms with Gasteiger partial charge in [0.1, 0.15) is 0 Å². The van der Waals surface area contributed by atoms with Gasteiger partial charge in [-0.1, -0.05) is 19.9 Å². The van der Waals surface area contributed by atoms with E-state index in [1.165, 1.54) is 16.7 Å². The van der Waals surface area contributed by atoms with Crippen LogP contribution in [0.3, 0.4) is 0 Å². The van der Waals surface area contributed by atoms with E-state index in [1.807, 2.05) is 12.1 Å². The van der Waals surface area contributed by atoms with Gasteiger partial charge in [-0.25, -0.2) is 0 Å². The lowest BCUT2D eigenvalue weighted by Crippen LogP contribution is -2.36. The Bertz CT molecular complexity index is 1080. The second-order valence-electron chi connectivity index (χ2n) is 10.7. The Labute approximate surface area is 240 Å². The molecule has 0 heterocycles. The normalized spacial score (nSPS) is 17.3. The lowest BCUT2D eigenvalue weighted by Gasteiger charge is -2.40. The minimum Gasteiger partial charge on any atom is -0.493 e. The Morgan fingerprint density at radius 2 is 1.56 bits per heavy atom. The molecule has 0 bridgehead atoms. The summed E-state index contributed by atoms with van der Waals surface area (Å²) in [6.45, 7) is 6.05. The van der Waals surface area contributed by atoms with Crippen LogP contribution in [0.5, 0.6) is 23.0 Å². The summed E-state index contributed by atoms with van der Waals surface area (Å²) in [6, 6.07) is 10.2. The van der Waals surface area contributed by atoms with Crippen LogP contribution in [0.2, 0.25) is 0 Å². The van der Waals surface area contributed by atoms with E-state index in [1.54, 1.807) is 28.4 Å². The van der Waals surface area contributed by atoms with Crippen LogP contribution in [0.15, 0.2) is 30.3 Å². The van der Waals surface area contributed by atoms with E-state index in [9.17, 15) is 9.90 Å². The smallest absolute Gasteiger partial charge is 0.306 e. The number of nitrogens with zero attached hydrogens (tertiary/aromatic N) is 1. The summed E-state index contributed by atoms with van der Waals surface area (Å²) in [6.07, 6.45) is 4.27. The van der Waals surface area contributed by atoms with Gasteiger partial charge >= 0.3 is 5.97 Å². The summed E-state index contributed by atoms with van der Waals surface area (Å²) in [5, 5.41) is 10.3. The number of ether oxygens (including phenoxy) is 4. The number of hydrogen-bond acceptors (Lipinski definition) is 6. The van der Waals surface area contributed by atoms with Crippen molar-refractivity contribution >= 4 is 18.4 Å². The summed E-state index contributed by atoms with van der Waals surface area (Å²) in [5.41, 5.74) is 3.66. The molecule has 8 heteroatoms. The van der Waals surface area contributed by atoms with E-state index >= 15 is 0 Å². The van der Waals surface area contributed by atoms with E-state index < -0.39 is 11.9 Å². The van der Waals surface area contributed by atoms with Gasteiger partial charge in [-0.05, 0) is 111 Å². The van der Waals surface area contributed by atoms with Crippen LogP contribution < -0.4 is 18.9 Å². The maximum atomic E-state index is 12.5. The number of halogens is 1. The summed E-state index contributed by atoms with van der Waals surface area (Å²) < 4.78 is 21.9. The van der Waals surface area contributed by atoms with E-state index in [-0.39, 0.29) is 24.2 Å². The number of benzene rings is 2. The van der Waals surface area contributed by atoms with Crippen molar-refractivity contribution in [3.05, 3.63) is 47.0 Å². The van der Waals surface area contributed by atoms with Gasteiger partial charge in [-0.15, -0.1) is 12.4 Å². The second-order valence-corrected chi connectivity index (χ2v) is 10.7. The van der Waals surface area contributed by atoms with Gasteiger partial charge in [0.2, 0.25) is 0 Å². The van der Waals surface area contributed by atoms with Crippen molar-refractivity contribution in [3.63, 3.8) is 0 Å². The van der Waals surface area contributed by atoms with Crippen molar-refractivity contribution in [2.75, 3.05) is 48.6 Å². The van der Waals surface area contributed by atoms with Crippen LogP contribution in [0.1, 0.15) is 55.7 Å². The molecule has 0 aliphatic heterocycles. The molecule has 1 aliphatic rings. The van der Waals surface area contributed by atoms with Crippen LogP contribution in [0, 0.1) is 17.8 Å². The quantitative estimate of drug-likeness (QED) is 0.297. The third kappa shape index (κ3) is 7.95. The first-order chi connectivity index (χ1) is 18.2. The lowest BCUT2D eigenvalue weighted by atomic mass is 9.65. The number of aliphatic carboxylic acids is 1. The predicted octanol–water partition coefficient (Wildman–Crippen LogP) is 6.10. The Kier molecular flexibility index (Phi) is 12.7. The zero-order valence-electron chi connectivity index (χ0n) is 24.5. The van der Waals surface area contributed by atoms with Crippen molar-refractivity contribution < 1.29 is 28.8 Å². The Morgan fingerprint density at radius 1 is 0.949 bits per heavy atom. The molecule has 1 N–H and O–H groups in total. The Balaban J connectivity index is 0.00000533. The van der Waals surface area contributed by atoms with Gasteiger partial charge in [0.25, 0.3) is 0 Å². The highest BCUT2D eigenvalue weighted by molar-refractivity contribution is 5.85. The number of carboxylic acid groups (broad SMARTS) is 1. The van der Waals surface area contributed by atoms with E-state index in [4.69, 9.17) is 18.9 Å². The summed E-state index contributed by atoms with van der Waals surface area (Å²) in [4.78, 5) is 14.8. The van der Waals surface area contributed by atoms with Gasteiger partial charge in [0, 0.05) is 0 Å². The number of carbonyl (C=O) groups is 1. The van der Waals surface area contributed by atoms with E-state index in [0.717, 1.165) is 56.0 Å². The predicted molar refractivity (Wildman–Crippen MR) is 157 cm³/mol. The molecular weight excluding hydrogens is 518 g/mol. The van der Waals surface area contributed by atoms with E-state index in [2.05, 4.69) is 44.0 Å². The molecule has 0 spiro atoms. The number of hydrogen-bond donors (Lipinski definition) is 1. The minimum atomic E-state index is -0.691. The fourth-order valence-corrected chi connectivity index (χ4v) is 6.08. The maximum Gasteiger partial charge on any atom is 0.306 e. The fourth-order valence-electron chi connectivity index (χ4n) is 6.08. The van der Waals surface area contributed by atoms with Crippen LogP contribution in [0.25, 0.3) is 0 Å². The molecule has 0 saturated heterocycles. The number of fused-ring (bicyclic) bond motifs is 1. The van der Waals surface area contributed by atoms with Gasteiger partial charge in [-0.2, -0.15) is 0 Å². The molecular formula is C31H46ClNO6. The van der Waals surface area contributed by atoms with E-state index in [0.29, 0.717) is 18.1 Å². The van der Waals surface area contributed by atoms with Crippen LogP contribution >= 0.6 is 12.4 Å². The van der Waals surface area contributed by atoms with Crippen LogP contribution in [-0.4, -0.2) is 64.6 Å². The Morgan fingerprint density at radius 3 is 2.15 bits per heavy atom. The fraction of sp³-hybridized carbons (Fsp3) is 0.581. The molecule has 3 rings (SSSR count). The maximum absolute atomic E-state index is 12.5. The molecule has 0 saturated carbocycles. The van der Waals surface area contributed by atoms with Gasteiger partial charge < -0.3 is 29.0 Å². The molecule has 2 aromatic carbocycles. The second kappa shape index (κ2) is 15.2. The van der Waals surface area contributed by atoms with Crippen molar-refractivity contribution in [1.29, 1.82) is 0 Å². The van der Waals surface area contributed by atoms with Crippen molar-refractivity contribution in [2.45, 2.75) is 51.9 Å². The SMILES string of the molecule is COc1ccc(CCCN(C)CCC(C(=O)O)[C@@H]2CCc3cc(OC)c(OC)cc3[C@@H]2C(C)C)cc1OC.Cl. The zero-order valence-corrected chi connectivity index (χ0v) is 25.3. The first-order valence-electron chi connectivity index (χ1n) is 13.6. The Hall–Kier alpha value is -2.64. The molecule has 3 atom stereocenters. The van der Waals surface area contributed by atoms with Gasteiger partial charge in [0.15, 0.2) is 23.0 Å².